The molecule has 0 amide bonds. The summed E-state index contributed by atoms with van der Waals surface area (Å²) in [5, 5.41) is 0. The monoisotopic (exact) mass is 263 g/mol. The van der Waals surface area contributed by atoms with E-state index in [0.29, 0.717) is 17.9 Å². The van der Waals surface area contributed by atoms with E-state index in [9.17, 15) is 0 Å². The molecule has 1 fully saturated rings. The second-order valence-corrected chi connectivity index (χ2v) is 6.05. The van der Waals surface area contributed by atoms with E-state index in [1.54, 1.807) is 6.20 Å². The summed E-state index contributed by atoms with van der Waals surface area (Å²) in [6.45, 7) is 8.59. The first-order chi connectivity index (χ1) is 9.04. The second-order valence-electron chi connectivity index (χ2n) is 6.05. The maximum Gasteiger partial charge on any atom is 0.213 e. The highest BCUT2D eigenvalue weighted by Crippen LogP contribution is 2.31. The molecule has 1 aromatic heterocycles. The Hall–Kier alpha value is -1.25. The van der Waals surface area contributed by atoms with Crippen molar-refractivity contribution in [3.63, 3.8) is 0 Å². The normalized spacial score (nSPS) is 27.3. The third kappa shape index (κ3) is 4.12. The molecule has 1 heterocycles. The molecule has 0 aliphatic heterocycles. The van der Waals surface area contributed by atoms with Crippen LogP contribution in [0.15, 0.2) is 18.3 Å². The third-order valence-electron chi connectivity index (χ3n) is 3.74. The van der Waals surface area contributed by atoms with Crippen molar-refractivity contribution in [3.8, 4) is 11.6 Å². The van der Waals surface area contributed by atoms with Crippen molar-refractivity contribution in [2.24, 2.45) is 11.8 Å². The average molecular weight is 263 g/mol. The molecule has 0 N–H and O–H groups in total. The van der Waals surface area contributed by atoms with Crippen LogP contribution in [0.3, 0.4) is 0 Å². The predicted molar refractivity (Wildman–Crippen MR) is 76.6 cm³/mol. The lowest BCUT2D eigenvalue weighted by Crippen LogP contribution is -2.31. The summed E-state index contributed by atoms with van der Waals surface area (Å²) in [4.78, 5) is 4.34. The van der Waals surface area contributed by atoms with Gasteiger partial charge >= 0.3 is 0 Å². The van der Waals surface area contributed by atoms with Crippen LogP contribution in [0, 0.1) is 11.8 Å². The van der Waals surface area contributed by atoms with Crippen LogP contribution in [0.5, 0.6) is 11.6 Å². The number of rotatable bonds is 4. The van der Waals surface area contributed by atoms with Gasteiger partial charge in [-0.1, -0.05) is 20.3 Å². The fourth-order valence-electron chi connectivity index (χ4n) is 2.58. The Morgan fingerprint density at radius 1 is 1.21 bits per heavy atom. The maximum absolute atomic E-state index is 6.03. The minimum Gasteiger partial charge on any atom is -0.489 e. The van der Waals surface area contributed by atoms with Gasteiger partial charge in [-0.3, -0.25) is 0 Å². The van der Waals surface area contributed by atoms with Crippen LogP contribution in [0.25, 0.3) is 0 Å². The molecule has 0 radical (unpaired) electrons. The molecule has 1 saturated carbocycles. The minimum atomic E-state index is 0.174. The smallest absolute Gasteiger partial charge is 0.213 e. The van der Waals surface area contributed by atoms with Gasteiger partial charge in [-0.05, 0) is 44.6 Å². The molecule has 0 aromatic carbocycles. The summed E-state index contributed by atoms with van der Waals surface area (Å²) < 4.78 is 11.6. The largest absolute Gasteiger partial charge is 0.489 e. The lowest BCUT2D eigenvalue weighted by molar-refractivity contribution is 0.0748. The average Bonchev–Trinajstić information content (AvgIpc) is 2.35. The van der Waals surface area contributed by atoms with Gasteiger partial charge in [-0.15, -0.1) is 0 Å². The van der Waals surface area contributed by atoms with Crippen molar-refractivity contribution >= 4 is 0 Å². The van der Waals surface area contributed by atoms with Crippen molar-refractivity contribution in [3.05, 3.63) is 18.3 Å². The maximum atomic E-state index is 6.03. The molecule has 1 aromatic rings. The molecule has 0 saturated heterocycles. The highest BCUT2D eigenvalue weighted by atomic mass is 16.5. The van der Waals surface area contributed by atoms with Crippen LogP contribution in [-0.4, -0.2) is 17.2 Å². The Morgan fingerprint density at radius 2 is 2.00 bits per heavy atom. The summed E-state index contributed by atoms with van der Waals surface area (Å²) in [7, 11) is 0. The van der Waals surface area contributed by atoms with E-state index in [0.717, 1.165) is 18.1 Å². The molecule has 0 bridgehead atoms. The number of hydrogen-bond donors (Lipinski definition) is 0. The zero-order valence-electron chi connectivity index (χ0n) is 12.4. The number of ether oxygens (including phenoxy) is 2. The van der Waals surface area contributed by atoms with Crippen molar-refractivity contribution in [2.45, 2.75) is 59.2 Å². The number of hydrogen-bond acceptors (Lipinski definition) is 3. The van der Waals surface area contributed by atoms with Crippen LogP contribution in [-0.2, 0) is 0 Å². The first-order valence-electron chi connectivity index (χ1n) is 7.34. The molecule has 1 aliphatic rings. The van der Waals surface area contributed by atoms with E-state index in [4.69, 9.17) is 9.47 Å². The molecular formula is C16H25NO2. The lowest BCUT2D eigenvalue weighted by Gasteiger charge is -2.32. The topological polar surface area (TPSA) is 31.4 Å². The van der Waals surface area contributed by atoms with E-state index >= 15 is 0 Å². The Bertz CT molecular complexity index is 388. The Balaban J connectivity index is 1.95. The third-order valence-corrected chi connectivity index (χ3v) is 3.74. The van der Waals surface area contributed by atoms with Crippen LogP contribution < -0.4 is 9.47 Å². The predicted octanol–water partition coefficient (Wildman–Crippen LogP) is 4.07. The van der Waals surface area contributed by atoms with Crippen LogP contribution in [0.4, 0.5) is 0 Å². The van der Waals surface area contributed by atoms with Crippen molar-refractivity contribution in [2.75, 3.05) is 0 Å². The van der Waals surface area contributed by atoms with Crippen LogP contribution in [0.1, 0.15) is 47.0 Å². The van der Waals surface area contributed by atoms with E-state index in [1.165, 1.54) is 12.8 Å². The lowest BCUT2D eigenvalue weighted by atomic mass is 9.82. The van der Waals surface area contributed by atoms with Crippen molar-refractivity contribution in [1.29, 1.82) is 0 Å². The summed E-state index contributed by atoms with van der Waals surface area (Å²) in [5.41, 5.74) is 0. The second kappa shape index (κ2) is 6.27. The van der Waals surface area contributed by atoms with E-state index in [1.807, 2.05) is 26.0 Å². The summed E-state index contributed by atoms with van der Waals surface area (Å²) in [6.07, 6.45) is 5.91. The Kier molecular flexibility index (Phi) is 4.67. The zero-order chi connectivity index (χ0) is 13.8. The molecule has 106 valence electrons. The van der Waals surface area contributed by atoms with E-state index in [-0.39, 0.29) is 6.10 Å². The Labute approximate surface area is 116 Å². The fraction of sp³-hybridized carbons (Fsp3) is 0.688. The molecule has 0 spiro atoms. The first kappa shape index (κ1) is 14.2. The first-order valence-corrected chi connectivity index (χ1v) is 7.34. The van der Waals surface area contributed by atoms with Gasteiger partial charge in [0.25, 0.3) is 0 Å². The molecule has 3 atom stereocenters. The van der Waals surface area contributed by atoms with Gasteiger partial charge in [0.1, 0.15) is 11.9 Å². The highest BCUT2D eigenvalue weighted by Gasteiger charge is 2.27. The van der Waals surface area contributed by atoms with Gasteiger partial charge in [0, 0.05) is 6.07 Å². The molecule has 1 unspecified atom stereocenters. The quantitative estimate of drug-likeness (QED) is 0.820. The molecule has 1 aliphatic carbocycles. The van der Waals surface area contributed by atoms with Crippen molar-refractivity contribution in [1.82, 2.24) is 4.98 Å². The molecule has 3 heteroatoms. The summed E-state index contributed by atoms with van der Waals surface area (Å²) in [5.74, 6) is 2.88. The van der Waals surface area contributed by atoms with E-state index in [2.05, 4.69) is 18.8 Å². The molecular weight excluding hydrogens is 238 g/mol. The fourth-order valence-corrected chi connectivity index (χ4v) is 2.58. The van der Waals surface area contributed by atoms with Gasteiger partial charge in [0.2, 0.25) is 5.88 Å². The zero-order valence-corrected chi connectivity index (χ0v) is 12.4. The van der Waals surface area contributed by atoms with Gasteiger partial charge in [0.15, 0.2) is 0 Å². The van der Waals surface area contributed by atoms with Crippen LogP contribution in [0.2, 0.25) is 0 Å². The molecule has 3 nitrogen and oxygen atoms in total. The van der Waals surface area contributed by atoms with Gasteiger partial charge in [0.05, 0.1) is 12.3 Å². The molecule has 19 heavy (non-hydrogen) atoms. The Morgan fingerprint density at radius 3 is 2.63 bits per heavy atom. The number of nitrogens with zero attached hydrogens (tertiary/aromatic N) is 1. The minimum absolute atomic E-state index is 0.174. The number of aromatic nitrogens is 1. The van der Waals surface area contributed by atoms with Gasteiger partial charge < -0.3 is 9.47 Å². The van der Waals surface area contributed by atoms with Crippen molar-refractivity contribution < 1.29 is 9.47 Å². The molecule has 2 rings (SSSR count). The van der Waals surface area contributed by atoms with Crippen LogP contribution >= 0.6 is 0 Å². The number of pyridine rings is 1. The standard InChI is InChI=1S/C16H25NO2/c1-11(2)18-14-7-8-16(17-10-14)19-15-9-12(3)5-6-13(15)4/h7-8,10-13,15H,5-6,9H2,1-4H3/t12-,13+,15?/m1/s1. The van der Waals surface area contributed by atoms with E-state index < -0.39 is 0 Å². The highest BCUT2D eigenvalue weighted by molar-refractivity contribution is 5.23. The SMILES string of the molecule is CC(C)Oc1ccc(OC2C[C@H](C)CC[C@@H]2C)nc1. The summed E-state index contributed by atoms with van der Waals surface area (Å²) >= 11 is 0. The van der Waals surface area contributed by atoms with Gasteiger partial charge in [-0.25, -0.2) is 4.98 Å². The summed E-state index contributed by atoms with van der Waals surface area (Å²) in [6, 6.07) is 3.84. The van der Waals surface area contributed by atoms with Gasteiger partial charge in [-0.2, -0.15) is 0 Å².